The van der Waals surface area contributed by atoms with E-state index in [2.05, 4.69) is 17.5 Å². The van der Waals surface area contributed by atoms with Crippen LogP contribution >= 0.6 is 23.8 Å². The molecule has 11 heavy (non-hydrogen) atoms. The van der Waals surface area contributed by atoms with E-state index in [1.807, 2.05) is 12.1 Å². The molecule has 4 heteroatoms. The highest BCUT2D eigenvalue weighted by Crippen LogP contribution is 2.19. The monoisotopic (exact) mass is 185 g/mol. The molecule has 0 aliphatic carbocycles. The standard InChI is InChI=1S/C7H6ClN2S/c8-5-3-1-2-4-6(5)10-7(9)11/h1-4,9H,(H,10,11). The Hall–Kier alpha value is -0.800. The largest absolute Gasteiger partial charge is 0.330 e. The molecule has 0 atom stereocenters. The summed E-state index contributed by atoms with van der Waals surface area (Å²) in [6.07, 6.45) is 0. The van der Waals surface area contributed by atoms with Gasteiger partial charge in [-0.1, -0.05) is 23.7 Å². The normalized spacial score (nSPS) is 9.18. The number of para-hydroxylation sites is 1. The van der Waals surface area contributed by atoms with Gasteiger partial charge in [0.25, 0.3) is 0 Å². The molecule has 57 valence electrons. The van der Waals surface area contributed by atoms with E-state index < -0.39 is 0 Å². The van der Waals surface area contributed by atoms with E-state index in [0.29, 0.717) is 10.7 Å². The molecular formula is C7H6ClN2S. The first-order valence-electron chi connectivity index (χ1n) is 2.97. The van der Waals surface area contributed by atoms with Gasteiger partial charge in [0, 0.05) is 0 Å². The van der Waals surface area contributed by atoms with E-state index in [1.165, 1.54) is 0 Å². The van der Waals surface area contributed by atoms with Crippen LogP contribution < -0.4 is 11.1 Å². The number of anilines is 1. The highest BCUT2D eigenvalue weighted by molar-refractivity contribution is 7.80. The zero-order chi connectivity index (χ0) is 8.27. The number of thiocarbonyl (C=S) groups is 1. The smallest absolute Gasteiger partial charge is 0.189 e. The van der Waals surface area contributed by atoms with Crippen LogP contribution in [0.5, 0.6) is 0 Å². The molecule has 1 aromatic carbocycles. The highest BCUT2D eigenvalue weighted by atomic mass is 35.5. The van der Waals surface area contributed by atoms with Crippen LogP contribution in [0.2, 0.25) is 5.02 Å². The SMILES string of the molecule is [NH]C(=S)Nc1ccccc1Cl. The van der Waals surface area contributed by atoms with E-state index in [9.17, 15) is 0 Å². The molecule has 0 unspecified atom stereocenters. The number of benzene rings is 1. The van der Waals surface area contributed by atoms with Crippen LogP contribution in [0.3, 0.4) is 0 Å². The average Bonchev–Trinajstić information content (AvgIpc) is 1.93. The van der Waals surface area contributed by atoms with Gasteiger partial charge in [-0.3, -0.25) is 5.73 Å². The molecule has 0 aliphatic rings. The second kappa shape index (κ2) is 3.55. The topological polar surface area (TPSA) is 35.8 Å². The molecule has 0 bridgehead atoms. The molecule has 0 saturated heterocycles. The second-order valence-electron chi connectivity index (χ2n) is 1.93. The average molecular weight is 186 g/mol. The quantitative estimate of drug-likeness (QED) is 0.682. The van der Waals surface area contributed by atoms with Gasteiger partial charge in [0.15, 0.2) is 5.11 Å². The lowest BCUT2D eigenvalue weighted by Gasteiger charge is -2.03. The van der Waals surface area contributed by atoms with Crippen molar-refractivity contribution in [1.29, 1.82) is 0 Å². The van der Waals surface area contributed by atoms with Gasteiger partial charge >= 0.3 is 0 Å². The summed E-state index contributed by atoms with van der Waals surface area (Å²) in [5.41, 5.74) is 7.65. The summed E-state index contributed by atoms with van der Waals surface area (Å²) in [5, 5.41) is 3.18. The minimum absolute atomic E-state index is 0.0295. The fraction of sp³-hybridized carbons (Fsp3) is 0. The van der Waals surface area contributed by atoms with Gasteiger partial charge in [-0.2, -0.15) is 0 Å². The molecule has 1 radical (unpaired) electrons. The maximum atomic E-state index is 6.97. The maximum Gasteiger partial charge on any atom is 0.189 e. The zero-order valence-electron chi connectivity index (χ0n) is 5.60. The van der Waals surface area contributed by atoms with Crippen LogP contribution in [0.15, 0.2) is 24.3 Å². The van der Waals surface area contributed by atoms with Gasteiger partial charge in [-0.15, -0.1) is 0 Å². The Bertz CT molecular complexity index is 275. The Labute approximate surface area is 75.3 Å². The van der Waals surface area contributed by atoms with Crippen LogP contribution in [-0.2, 0) is 0 Å². The molecule has 0 aliphatic heterocycles. The predicted octanol–water partition coefficient (Wildman–Crippen LogP) is 2.32. The van der Waals surface area contributed by atoms with Crippen molar-refractivity contribution in [2.24, 2.45) is 0 Å². The van der Waals surface area contributed by atoms with E-state index in [1.54, 1.807) is 12.1 Å². The summed E-state index contributed by atoms with van der Waals surface area (Å²) in [4.78, 5) is 0. The molecule has 2 nitrogen and oxygen atoms in total. The molecule has 0 fully saturated rings. The van der Waals surface area contributed by atoms with Gasteiger partial charge in [0.2, 0.25) is 0 Å². The van der Waals surface area contributed by atoms with Crippen molar-refractivity contribution < 1.29 is 0 Å². The van der Waals surface area contributed by atoms with E-state index in [0.717, 1.165) is 0 Å². The summed E-state index contributed by atoms with van der Waals surface area (Å²) in [7, 11) is 0. The zero-order valence-corrected chi connectivity index (χ0v) is 7.17. The maximum absolute atomic E-state index is 6.97. The van der Waals surface area contributed by atoms with Crippen molar-refractivity contribution in [2.45, 2.75) is 0 Å². The van der Waals surface area contributed by atoms with E-state index in [4.69, 9.17) is 17.3 Å². The van der Waals surface area contributed by atoms with E-state index >= 15 is 0 Å². The minimum atomic E-state index is -0.0295. The molecule has 1 rings (SSSR count). The van der Waals surface area contributed by atoms with Crippen molar-refractivity contribution >= 4 is 34.6 Å². The summed E-state index contributed by atoms with van der Waals surface area (Å²) < 4.78 is 0. The lowest BCUT2D eigenvalue weighted by molar-refractivity contribution is 1.58. The first-order valence-corrected chi connectivity index (χ1v) is 3.76. The van der Waals surface area contributed by atoms with Crippen molar-refractivity contribution in [3.8, 4) is 0 Å². The fourth-order valence-electron chi connectivity index (χ4n) is 0.685. The first-order chi connectivity index (χ1) is 5.20. The third-order valence-electron chi connectivity index (χ3n) is 1.12. The molecular weight excluding hydrogens is 180 g/mol. The van der Waals surface area contributed by atoms with E-state index in [-0.39, 0.29) is 5.11 Å². The summed E-state index contributed by atoms with van der Waals surface area (Å²) >= 11 is 10.3. The fourth-order valence-corrected chi connectivity index (χ4v) is 0.978. The van der Waals surface area contributed by atoms with Crippen LogP contribution in [0.4, 0.5) is 5.69 Å². The molecule has 1 aromatic rings. The van der Waals surface area contributed by atoms with Crippen molar-refractivity contribution in [1.82, 2.24) is 5.73 Å². The van der Waals surface area contributed by atoms with Gasteiger partial charge in [0.05, 0.1) is 10.7 Å². The number of hydrogen-bond donors (Lipinski definition) is 1. The third kappa shape index (κ3) is 2.37. The van der Waals surface area contributed by atoms with Gasteiger partial charge in [-0.25, -0.2) is 0 Å². The first kappa shape index (κ1) is 8.30. The molecule has 0 heterocycles. The number of nitrogens with one attached hydrogen (secondary N) is 2. The van der Waals surface area contributed by atoms with Crippen LogP contribution in [-0.4, -0.2) is 5.11 Å². The Kier molecular flexibility index (Phi) is 2.68. The molecule has 0 amide bonds. The third-order valence-corrected chi connectivity index (χ3v) is 1.55. The van der Waals surface area contributed by atoms with Crippen LogP contribution in [0.25, 0.3) is 0 Å². The molecule has 0 aromatic heterocycles. The van der Waals surface area contributed by atoms with Crippen molar-refractivity contribution in [2.75, 3.05) is 5.32 Å². The van der Waals surface area contributed by atoms with Gasteiger partial charge in [-0.05, 0) is 24.4 Å². The van der Waals surface area contributed by atoms with Crippen LogP contribution in [0, 0.1) is 0 Å². The molecule has 2 N–H and O–H groups in total. The van der Waals surface area contributed by atoms with Crippen LogP contribution in [0.1, 0.15) is 0 Å². The summed E-state index contributed by atoms with van der Waals surface area (Å²) in [5.74, 6) is 0. The number of halogens is 1. The summed E-state index contributed by atoms with van der Waals surface area (Å²) in [6.45, 7) is 0. The Morgan fingerprint density at radius 3 is 2.64 bits per heavy atom. The second-order valence-corrected chi connectivity index (χ2v) is 2.75. The lowest BCUT2D eigenvalue weighted by atomic mass is 10.3. The molecule has 0 saturated carbocycles. The number of rotatable bonds is 1. The lowest BCUT2D eigenvalue weighted by Crippen LogP contribution is -2.08. The highest BCUT2D eigenvalue weighted by Gasteiger charge is 1.97. The Morgan fingerprint density at radius 1 is 1.45 bits per heavy atom. The summed E-state index contributed by atoms with van der Waals surface area (Å²) in [6, 6.07) is 7.15. The van der Waals surface area contributed by atoms with Crippen molar-refractivity contribution in [3.05, 3.63) is 29.3 Å². The molecule has 0 spiro atoms. The minimum Gasteiger partial charge on any atom is -0.330 e. The van der Waals surface area contributed by atoms with Crippen molar-refractivity contribution in [3.63, 3.8) is 0 Å². The number of hydrogen-bond acceptors (Lipinski definition) is 1. The van der Waals surface area contributed by atoms with Gasteiger partial charge in [0.1, 0.15) is 0 Å². The Morgan fingerprint density at radius 2 is 2.09 bits per heavy atom. The van der Waals surface area contributed by atoms with Gasteiger partial charge < -0.3 is 5.32 Å². The predicted molar refractivity (Wildman–Crippen MR) is 50.8 cm³/mol. The Balaban J connectivity index is 2.86.